The quantitative estimate of drug-likeness (QED) is 0.775. The maximum absolute atomic E-state index is 12.9. The van der Waals surface area contributed by atoms with Crippen LogP contribution < -0.4 is 5.32 Å². The monoisotopic (exact) mass is 384 g/mol. The molecule has 0 spiro atoms. The number of ether oxygens (including phenoxy) is 1. The molecule has 7 nitrogen and oxygen atoms in total. The second kappa shape index (κ2) is 8.65. The largest absolute Gasteiger partial charge is 0.373 e. The van der Waals surface area contributed by atoms with E-state index in [4.69, 9.17) is 4.74 Å². The zero-order chi connectivity index (χ0) is 19.5. The molecule has 1 aromatic heterocycles. The highest BCUT2D eigenvalue weighted by molar-refractivity contribution is 7.89. The third-order valence-electron chi connectivity index (χ3n) is 4.56. The molecule has 1 N–H and O–H groups in total. The third kappa shape index (κ3) is 4.94. The van der Waals surface area contributed by atoms with E-state index in [0.717, 1.165) is 19.7 Å². The lowest BCUT2D eigenvalue weighted by Gasteiger charge is -2.34. The summed E-state index contributed by atoms with van der Waals surface area (Å²) in [6.45, 7) is 12.1. The van der Waals surface area contributed by atoms with Crippen molar-refractivity contribution in [2.45, 2.75) is 63.7 Å². The zero-order valence-corrected chi connectivity index (χ0v) is 17.5. The molecule has 1 saturated heterocycles. The number of likely N-dealkylation sites (N-methyl/N-ethyl adjacent to an activating group) is 1. The molecule has 26 heavy (non-hydrogen) atoms. The molecule has 2 heterocycles. The van der Waals surface area contributed by atoms with Gasteiger partial charge < -0.3 is 15.0 Å². The number of nitrogens with one attached hydrogen (secondary N) is 1. The summed E-state index contributed by atoms with van der Waals surface area (Å²) in [6, 6.07) is 3.18. The van der Waals surface area contributed by atoms with Crippen molar-refractivity contribution >= 4 is 15.8 Å². The standard InChI is InChI=1S/C18H32N4O3S/c1-13(2)22(14(3)4)26(23,24)16-7-8-18(19-11-16)20-15(5)17-12-21(6)9-10-25-17/h7-8,11,13-15,17H,9-10,12H2,1-6H3,(H,19,20). The van der Waals surface area contributed by atoms with Gasteiger partial charge in [-0.25, -0.2) is 13.4 Å². The number of hydrogen-bond donors (Lipinski definition) is 1. The Hall–Kier alpha value is -1.22. The highest BCUT2D eigenvalue weighted by Gasteiger charge is 2.30. The van der Waals surface area contributed by atoms with Crippen molar-refractivity contribution in [1.29, 1.82) is 0 Å². The SMILES string of the molecule is CC(Nc1ccc(S(=O)(=O)N(C(C)C)C(C)C)cn1)C1CN(C)CCO1. The molecule has 1 fully saturated rings. The number of aromatic nitrogens is 1. The average Bonchev–Trinajstić information content (AvgIpc) is 2.54. The van der Waals surface area contributed by atoms with E-state index >= 15 is 0 Å². The number of hydrogen-bond acceptors (Lipinski definition) is 6. The lowest BCUT2D eigenvalue weighted by atomic mass is 10.1. The fourth-order valence-corrected chi connectivity index (χ4v) is 5.11. The first-order valence-corrected chi connectivity index (χ1v) is 10.6. The van der Waals surface area contributed by atoms with Crippen LogP contribution in [0.5, 0.6) is 0 Å². The first-order chi connectivity index (χ1) is 12.1. The summed E-state index contributed by atoms with van der Waals surface area (Å²) < 4.78 is 33.1. The molecule has 8 heteroatoms. The van der Waals surface area contributed by atoms with Crippen molar-refractivity contribution in [3.63, 3.8) is 0 Å². The molecule has 2 unspecified atom stereocenters. The van der Waals surface area contributed by atoms with Crippen LogP contribution in [0.4, 0.5) is 5.82 Å². The zero-order valence-electron chi connectivity index (χ0n) is 16.6. The Labute approximate surface area is 157 Å². The minimum Gasteiger partial charge on any atom is -0.373 e. The molecule has 0 saturated carbocycles. The summed E-state index contributed by atoms with van der Waals surface area (Å²) in [5.41, 5.74) is 0. The number of nitrogens with zero attached hydrogens (tertiary/aromatic N) is 3. The van der Waals surface area contributed by atoms with Crippen LogP contribution in [0.3, 0.4) is 0 Å². The molecule has 0 amide bonds. The van der Waals surface area contributed by atoms with E-state index in [1.165, 1.54) is 10.5 Å². The average molecular weight is 385 g/mol. The van der Waals surface area contributed by atoms with Crippen LogP contribution in [0, 0.1) is 0 Å². The number of morpholine rings is 1. The number of pyridine rings is 1. The predicted octanol–water partition coefficient (Wildman–Crippen LogP) is 2.02. The van der Waals surface area contributed by atoms with Gasteiger partial charge in [0.15, 0.2) is 0 Å². The van der Waals surface area contributed by atoms with Crippen molar-refractivity contribution < 1.29 is 13.2 Å². The minimum absolute atomic E-state index is 0.0792. The number of sulfonamides is 1. The lowest BCUT2D eigenvalue weighted by molar-refractivity contribution is -0.0259. The van der Waals surface area contributed by atoms with E-state index in [-0.39, 0.29) is 29.1 Å². The Morgan fingerprint density at radius 3 is 2.38 bits per heavy atom. The normalized spacial score (nSPS) is 20.7. The van der Waals surface area contributed by atoms with Gasteiger partial charge in [0.2, 0.25) is 10.0 Å². The fraction of sp³-hybridized carbons (Fsp3) is 0.722. The van der Waals surface area contributed by atoms with E-state index in [1.54, 1.807) is 12.1 Å². The molecule has 0 aliphatic carbocycles. The van der Waals surface area contributed by atoms with Gasteiger partial charge >= 0.3 is 0 Å². The summed E-state index contributed by atoms with van der Waals surface area (Å²) in [7, 11) is -1.48. The third-order valence-corrected chi connectivity index (χ3v) is 6.80. The first kappa shape index (κ1) is 21.1. The van der Waals surface area contributed by atoms with Crippen LogP contribution in [-0.4, -0.2) is 73.6 Å². The van der Waals surface area contributed by atoms with Crippen molar-refractivity contribution in [3.05, 3.63) is 18.3 Å². The van der Waals surface area contributed by atoms with Gasteiger partial charge in [0.25, 0.3) is 0 Å². The molecule has 0 bridgehead atoms. The van der Waals surface area contributed by atoms with Crippen LogP contribution in [-0.2, 0) is 14.8 Å². The van der Waals surface area contributed by atoms with Crippen LogP contribution in [0.25, 0.3) is 0 Å². The summed E-state index contributed by atoms with van der Waals surface area (Å²) >= 11 is 0. The van der Waals surface area contributed by atoms with Crippen LogP contribution >= 0.6 is 0 Å². The Balaban J connectivity index is 2.10. The Kier molecular flexibility index (Phi) is 7.01. The van der Waals surface area contributed by atoms with E-state index < -0.39 is 10.0 Å². The second-order valence-electron chi connectivity index (χ2n) is 7.51. The highest BCUT2D eigenvalue weighted by atomic mass is 32.2. The summed E-state index contributed by atoms with van der Waals surface area (Å²) in [5.74, 6) is 0.647. The van der Waals surface area contributed by atoms with Crippen molar-refractivity contribution in [2.24, 2.45) is 0 Å². The molecule has 2 rings (SSSR count). The van der Waals surface area contributed by atoms with Gasteiger partial charge in [-0.2, -0.15) is 4.31 Å². The summed E-state index contributed by atoms with van der Waals surface area (Å²) in [5, 5.41) is 3.31. The lowest BCUT2D eigenvalue weighted by Crippen LogP contribution is -2.47. The fourth-order valence-electron chi connectivity index (χ4n) is 3.33. The van der Waals surface area contributed by atoms with E-state index in [9.17, 15) is 8.42 Å². The van der Waals surface area contributed by atoms with E-state index in [2.05, 4.69) is 29.2 Å². The maximum atomic E-state index is 12.9. The molecule has 1 aliphatic heterocycles. The molecular weight excluding hydrogens is 352 g/mol. The van der Waals surface area contributed by atoms with Gasteiger partial charge in [-0.1, -0.05) is 0 Å². The molecular formula is C18H32N4O3S. The molecule has 0 aromatic carbocycles. The first-order valence-electron chi connectivity index (χ1n) is 9.19. The van der Waals surface area contributed by atoms with Gasteiger partial charge in [-0.15, -0.1) is 0 Å². The highest BCUT2D eigenvalue weighted by Crippen LogP contribution is 2.22. The van der Waals surface area contributed by atoms with Crippen LogP contribution in [0.15, 0.2) is 23.2 Å². The second-order valence-corrected chi connectivity index (χ2v) is 9.35. The van der Waals surface area contributed by atoms with E-state index in [1.807, 2.05) is 27.7 Å². The van der Waals surface area contributed by atoms with Crippen molar-refractivity contribution in [2.75, 3.05) is 32.1 Å². The van der Waals surface area contributed by atoms with Gasteiger partial charge in [0, 0.05) is 31.4 Å². The van der Waals surface area contributed by atoms with Gasteiger partial charge in [-0.05, 0) is 53.8 Å². The molecule has 148 valence electrons. The summed E-state index contributed by atoms with van der Waals surface area (Å²) in [6.07, 6.45) is 1.51. The maximum Gasteiger partial charge on any atom is 0.245 e. The number of anilines is 1. The van der Waals surface area contributed by atoms with Gasteiger partial charge in [0.1, 0.15) is 10.7 Å². The van der Waals surface area contributed by atoms with Crippen LogP contribution in [0.2, 0.25) is 0 Å². The van der Waals surface area contributed by atoms with Crippen LogP contribution in [0.1, 0.15) is 34.6 Å². The van der Waals surface area contributed by atoms with Gasteiger partial charge in [-0.3, -0.25) is 0 Å². The van der Waals surface area contributed by atoms with Crippen molar-refractivity contribution in [1.82, 2.24) is 14.2 Å². The Morgan fingerprint density at radius 1 is 1.23 bits per heavy atom. The number of rotatable bonds is 7. The molecule has 1 aromatic rings. The van der Waals surface area contributed by atoms with Crippen molar-refractivity contribution in [3.8, 4) is 0 Å². The smallest absolute Gasteiger partial charge is 0.245 e. The molecule has 1 aliphatic rings. The predicted molar refractivity (Wildman–Crippen MR) is 104 cm³/mol. The molecule has 2 atom stereocenters. The minimum atomic E-state index is -3.56. The topological polar surface area (TPSA) is 74.8 Å². The Bertz CT molecular complexity index is 668. The summed E-state index contributed by atoms with van der Waals surface area (Å²) in [4.78, 5) is 6.77. The Morgan fingerprint density at radius 2 is 1.88 bits per heavy atom. The van der Waals surface area contributed by atoms with E-state index in [0.29, 0.717) is 5.82 Å². The molecule has 0 radical (unpaired) electrons. The van der Waals surface area contributed by atoms with Gasteiger partial charge in [0.05, 0.1) is 18.8 Å².